The molecule has 0 aliphatic carbocycles. The minimum Gasteiger partial charge on any atom is -0.387 e. The fraction of sp³-hybridized carbons (Fsp3) is 0.500. The lowest BCUT2D eigenvalue weighted by Crippen LogP contribution is -2.35. The fourth-order valence-electron chi connectivity index (χ4n) is 2.06. The van der Waals surface area contributed by atoms with E-state index in [0.29, 0.717) is 18.0 Å². The summed E-state index contributed by atoms with van der Waals surface area (Å²) in [5.41, 5.74) is 5.75. The summed E-state index contributed by atoms with van der Waals surface area (Å²) < 4.78 is 1.42. The molecule has 0 saturated heterocycles. The van der Waals surface area contributed by atoms with E-state index in [1.54, 1.807) is 13.0 Å². The minimum absolute atomic E-state index is 0.0605. The standard InChI is InChI=1S/C12H19N7O/c1-4-18(6-7(2)11(13)14)9-5-10-16-17-12(20)19(10)8(3)15-9/h5,7H,4,6H2,1-3H3,(H3,13,14)(H,17,20). The smallest absolute Gasteiger partial charge is 0.349 e. The van der Waals surface area contributed by atoms with Crippen molar-refractivity contribution in [3.8, 4) is 0 Å². The Morgan fingerprint density at radius 1 is 1.65 bits per heavy atom. The predicted octanol–water partition coefficient (Wildman–Crippen LogP) is 0.124. The van der Waals surface area contributed by atoms with Gasteiger partial charge < -0.3 is 10.6 Å². The zero-order chi connectivity index (χ0) is 14.9. The Bertz CT molecular complexity index is 687. The maximum absolute atomic E-state index is 11.6. The topological polar surface area (TPSA) is 116 Å². The largest absolute Gasteiger partial charge is 0.387 e. The lowest BCUT2D eigenvalue weighted by Gasteiger charge is -2.25. The first-order valence-corrected chi connectivity index (χ1v) is 6.47. The van der Waals surface area contributed by atoms with Gasteiger partial charge in [0.15, 0.2) is 5.65 Å². The van der Waals surface area contributed by atoms with Crippen molar-refractivity contribution in [2.24, 2.45) is 11.7 Å². The predicted molar refractivity (Wildman–Crippen MR) is 77.3 cm³/mol. The van der Waals surface area contributed by atoms with E-state index < -0.39 is 0 Å². The van der Waals surface area contributed by atoms with Crippen molar-refractivity contribution < 1.29 is 0 Å². The molecule has 0 radical (unpaired) electrons. The summed E-state index contributed by atoms with van der Waals surface area (Å²) in [6.45, 7) is 6.99. The van der Waals surface area contributed by atoms with Crippen LogP contribution in [0.25, 0.3) is 5.65 Å². The summed E-state index contributed by atoms with van der Waals surface area (Å²) >= 11 is 0. The molecule has 0 fully saturated rings. The highest BCUT2D eigenvalue weighted by Gasteiger charge is 2.15. The number of aromatic amines is 1. The molecular formula is C12H19N7O. The number of aromatic nitrogens is 4. The highest BCUT2D eigenvalue weighted by atomic mass is 16.1. The zero-order valence-corrected chi connectivity index (χ0v) is 11.8. The van der Waals surface area contributed by atoms with Crippen LogP contribution in [0.15, 0.2) is 10.9 Å². The molecule has 0 aromatic carbocycles. The Morgan fingerprint density at radius 3 is 2.95 bits per heavy atom. The molecular weight excluding hydrogens is 258 g/mol. The van der Waals surface area contributed by atoms with E-state index in [4.69, 9.17) is 11.1 Å². The third-order valence-electron chi connectivity index (χ3n) is 3.29. The van der Waals surface area contributed by atoms with Crippen molar-refractivity contribution in [3.63, 3.8) is 0 Å². The minimum atomic E-state index is -0.295. The van der Waals surface area contributed by atoms with Crippen molar-refractivity contribution in [2.75, 3.05) is 18.0 Å². The molecule has 8 heteroatoms. The molecule has 0 aliphatic heterocycles. The molecule has 2 aromatic heterocycles. The SMILES string of the molecule is CCN(CC(C)C(=N)N)c1cc2n[nH]c(=O)n2c(C)n1. The lowest BCUT2D eigenvalue weighted by molar-refractivity contribution is 0.687. The highest BCUT2D eigenvalue weighted by Crippen LogP contribution is 2.15. The van der Waals surface area contributed by atoms with E-state index in [0.717, 1.165) is 12.4 Å². The number of hydrogen-bond acceptors (Lipinski definition) is 5. The molecule has 0 saturated carbocycles. The lowest BCUT2D eigenvalue weighted by atomic mass is 10.1. The summed E-state index contributed by atoms with van der Waals surface area (Å²) in [4.78, 5) is 18.0. The van der Waals surface area contributed by atoms with Crippen LogP contribution in [0.3, 0.4) is 0 Å². The van der Waals surface area contributed by atoms with Gasteiger partial charge in [0, 0.05) is 25.1 Å². The van der Waals surface area contributed by atoms with Crippen LogP contribution in [-0.2, 0) is 0 Å². The van der Waals surface area contributed by atoms with E-state index in [-0.39, 0.29) is 17.4 Å². The Labute approximate surface area is 116 Å². The molecule has 2 rings (SSSR count). The van der Waals surface area contributed by atoms with Gasteiger partial charge in [0.25, 0.3) is 0 Å². The molecule has 0 bridgehead atoms. The van der Waals surface area contributed by atoms with Gasteiger partial charge >= 0.3 is 5.69 Å². The molecule has 1 atom stereocenters. The van der Waals surface area contributed by atoms with Crippen LogP contribution in [0.4, 0.5) is 5.82 Å². The summed E-state index contributed by atoms with van der Waals surface area (Å²) in [7, 11) is 0. The molecule has 0 amide bonds. The number of aryl methyl sites for hydroxylation is 1. The first kappa shape index (κ1) is 14.0. The van der Waals surface area contributed by atoms with Gasteiger partial charge in [-0.3, -0.25) is 5.41 Å². The van der Waals surface area contributed by atoms with Gasteiger partial charge in [-0.15, -0.1) is 0 Å². The van der Waals surface area contributed by atoms with Crippen LogP contribution in [0, 0.1) is 18.3 Å². The van der Waals surface area contributed by atoms with Crippen molar-refractivity contribution in [2.45, 2.75) is 20.8 Å². The molecule has 0 aliphatic rings. The average Bonchev–Trinajstić information content (AvgIpc) is 2.77. The van der Waals surface area contributed by atoms with Crippen molar-refractivity contribution in [1.82, 2.24) is 19.6 Å². The number of hydrogen-bond donors (Lipinski definition) is 3. The van der Waals surface area contributed by atoms with Crippen LogP contribution in [0.2, 0.25) is 0 Å². The quantitative estimate of drug-likeness (QED) is 0.530. The highest BCUT2D eigenvalue weighted by molar-refractivity contribution is 5.79. The van der Waals surface area contributed by atoms with Gasteiger partial charge in [-0.25, -0.2) is 19.3 Å². The van der Waals surface area contributed by atoms with Crippen LogP contribution in [-0.4, -0.2) is 38.5 Å². The maximum Gasteiger partial charge on any atom is 0.349 e. The number of rotatable bonds is 5. The van der Waals surface area contributed by atoms with Crippen molar-refractivity contribution >= 4 is 17.3 Å². The summed E-state index contributed by atoms with van der Waals surface area (Å²) in [6.07, 6.45) is 0. The number of anilines is 1. The van der Waals surface area contributed by atoms with Gasteiger partial charge in [0.2, 0.25) is 0 Å². The summed E-state index contributed by atoms with van der Waals surface area (Å²) in [6, 6.07) is 1.75. The van der Waals surface area contributed by atoms with Crippen LogP contribution in [0.5, 0.6) is 0 Å². The normalized spacial score (nSPS) is 12.6. The second-order valence-corrected chi connectivity index (χ2v) is 4.78. The van der Waals surface area contributed by atoms with E-state index in [1.165, 1.54) is 4.40 Å². The summed E-state index contributed by atoms with van der Waals surface area (Å²) in [5, 5.41) is 13.8. The van der Waals surface area contributed by atoms with E-state index >= 15 is 0 Å². The molecule has 8 nitrogen and oxygen atoms in total. The molecule has 2 aromatic rings. The van der Waals surface area contributed by atoms with Crippen LogP contribution in [0.1, 0.15) is 19.7 Å². The Hall–Kier alpha value is -2.38. The molecule has 1 unspecified atom stereocenters. The molecule has 2 heterocycles. The fourth-order valence-corrected chi connectivity index (χ4v) is 2.06. The number of amidine groups is 1. The third-order valence-corrected chi connectivity index (χ3v) is 3.29. The summed E-state index contributed by atoms with van der Waals surface area (Å²) in [5.74, 6) is 1.39. The second-order valence-electron chi connectivity index (χ2n) is 4.78. The first-order chi connectivity index (χ1) is 9.43. The number of nitrogens with one attached hydrogen (secondary N) is 2. The Kier molecular flexibility index (Phi) is 3.73. The Morgan fingerprint density at radius 2 is 2.35 bits per heavy atom. The molecule has 4 N–H and O–H groups in total. The first-order valence-electron chi connectivity index (χ1n) is 6.47. The molecule has 0 spiro atoms. The van der Waals surface area contributed by atoms with Crippen LogP contribution < -0.4 is 16.3 Å². The number of fused-ring (bicyclic) bond motifs is 1. The number of nitrogens with two attached hydrogens (primary N) is 1. The monoisotopic (exact) mass is 277 g/mol. The molecule has 20 heavy (non-hydrogen) atoms. The van der Waals surface area contributed by atoms with Crippen molar-refractivity contribution in [1.29, 1.82) is 5.41 Å². The second kappa shape index (κ2) is 5.32. The third kappa shape index (κ3) is 2.49. The van der Waals surface area contributed by atoms with E-state index in [9.17, 15) is 4.79 Å². The van der Waals surface area contributed by atoms with Gasteiger partial charge in [-0.05, 0) is 13.8 Å². The maximum atomic E-state index is 11.6. The van der Waals surface area contributed by atoms with Gasteiger partial charge in [-0.2, -0.15) is 5.10 Å². The number of nitrogens with zero attached hydrogens (tertiary/aromatic N) is 4. The van der Waals surface area contributed by atoms with Crippen LogP contribution >= 0.6 is 0 Å². The number of H-pyrrole nitrogens is 1. The van der Waals surface area contributed by atoms with E-state index in [2.05, 4.69) is 15.2 Å². The Balaban J connectivity index is 2.40. The van der Waals surface area contributed by atoms with Gasteiger partial charge in [0.05, 0.1) is 5.84 Å². The van der Waals surface area contributed by atoms with Gasteiger partial charge in [0.1, 0.15) is 11.6 Å². The van der Waals surface area contributed by atoms with Gasteiger partial charge in [-0.1, -0.05) is 6.92 Å². The van der Waals surface area contributed by atoms with E-state index in [1.807, 2.05) is 18.7 Å². The average molecular weight is 277 g/mol. The molecule has 108 valence electrons. The zero-order valence-electron chi connectivity index (χ0n) is 11.8. The van der Waals surface area contributed by atoms with Crippen molar-refractivity contribution in [3.05, 3.63) is 22.4 Å².